The van der Waals surface area contributed by atoms with Gasteiger partial charge in [-0.3, -0.25) is 4.79 Å². The molecule has 0 fully saturated rings. The number of hydrogen-bond acceptors (Lipinski definition) is 3. The van der Waals surface area contributed by atoms with Gasteiger partial charge >= 0.3 is 0 Å². The molecule has 5 nitrogen and oxygen atoms in total. The first-order valence-corrected chi connectivity index (χ1v) is 4.98. The van der Waals surface area contributed by atoms with Gasteiger partial charge in [0.25, 0.3) is 5.91 Å². The molecule has 0 aliphatic rings. The molecule has 0 unspecified atom stereocenters. The Morgan fingerprint density at radius 2 is 2.20 bits per heavy atom. The molecule has 76 valence electrons. The van der Waals surface area contributed by atoms with E-state index >= 15 is 0 Å². The van der Waals surface area contributed by atoms with E-state index < -0.39 is 0 Å². The molecule has 2 N–H and O–H groups in total. The summed E-state index contributed by atoms with van der Waals surface area (Å²) in [5, 5.41) is 12.3. The topological polar surface area (TPSA) is 70.7 Å². The van der Waals surface area contributed by atoms with Crippen LogP contribution in [-0.4, -0.2) is 21.3 Å². The number of anilines is 1. The Morgan fingerprint density at radius 1 is 1.40 bits per heavy atom. The van der Waals surface area contributed by atoms with Gasteiger partial charge < -0.3 is 5.32 Å². The standard InChI is InChI=1S/C9H7BrN4O/c10-6-3-1-2-4-7(6)12-9(15)8-5-11-14-13-8/h1-5H,(H,12,15)(H,11,13,14). The number of para-hydroxylation sites is 1. The monoisotopic (exact) mass is 266 g/mol. The summed E-state index contributed by atoms with van der Waals surface area (Å²) in [5.74, 6) is -0.296. The first kappa shape index (κ1) is 9.85. The third-order valence-corrected chi connectivity index (χ3v) is 2.46. The molecule has 0 saturated carbocycles. The molecule has 0 radical (unpaired) electrons. The molecular formula is C9H7BrN4O. The number of halogens is 1. The molecule has 0 spiro atoms. The van der Waals surface area contributed by atoms with Crippen LogP contribution in [0.15, 0.2) is 34.9 Å². The van der Waals surface area contributed by atoms with Gasteiger partial charge in [0.15, 0.2) is 5.69 Å². The number of rotatable bonds is 2. The maximum absolute atomic E-state index is 11.6. The number of hydrogen-bond donors (Lipinski definition) is 2. The van der Waals surface area contributed by atoms with Crippen molar-refractivity contribution in [1.82, 2.24) is 15.4 Å². The maximum Gasteiger partial charge on any atom is 0.277 e. The van der Waals surface area contributed by atoms with E-state index in [4.69, 9.17) is 0 Å². The normalized spacial score (nSPS) is 9.93. The predicted octanol–water partition coefficient (Wildman–Crippen LogP) is 1.82. The van der Waals surface area contributed by atoms with Crippen molar-refractivity contribution in [2.45, 2.75) is 0 Å². The van der Waals surface area contributed by atoms with Gasteiger partial charge in [0.2, 0.25) is 0 Å². The molecule has 0 atom stereocenters. The second-order valence-electron chi connectivity index (χ2n) is 2.79. The summed E-state index contributed by atoms with van der Waals surface area (Å²) in [4.78, 5) is 11.6. The lowest BCUT2D eigenvalue weighted by Gasteiger charge is -2.04. The van der Waals surface area contributed by atoms with Gasteiger partial charge in [-0.25, -0.2) is 0 Å². The van der Waals surface area contributed by atoms with Crippen molar-refractivity contribution in [3.8, 4) is 0 Å². The predicted molar refractivity (Wildman–Crippen MR) is 58.5 cm³/mol. The molecule has 2 aromatic rings. The number of H-pyrrole nitrogens is 1. The lowest BCUT2D eigenvalue weighted by atomic mass is 10.3. The fourth-order valence-electron chi connectivity index (χ4n) is 1.06. The third-order valence-electron chi connectivity index (χ3n) is 1.77. The first-order valence-electron chi connectivity index (χ1n) is 4.19. The second kappa shape index (κ2) is 4.22. The molecule has 0 saturated heterocycles. The summed E-state index contributed by atoms with van der Waals surface area (Å²) < 4.78 is 0.821. The van der Waals surface area contributed by atoms with Gasteiger partial charge in [-0.2, -0.15) is 15.4 Å². The van der Waals surface area contributed by atoms with Crippen molar-refractivity contribution < 1.29 is 4.79 Å². The van der Waals surface area contributed by atoms with Crippen molar-refractivity contribution >= 4 is 27.5 Å². The zero-order valence-electron chi connectivity index (χ0n) is 7.57. The van der Waals surface area contributed by atoms with E-state index in [9.17, 15) is 4.79 Å². The summed E-state index contributed by atoms with van der Waals surface area (Å²) in [6.07, 6.45) is 1.37. The molecule has 1 heterocycles. The van der Waals surface area contributed by atoms with Crippen molar-refractivity contribution in [3.63, 3.8) is 0 Å². The smallest absolute Gasteiger partial charge is 0.277 e. The number of carbonyl (C=O) groups is 1. The number of nitrogens with one attached hydrogen (secondary N) is 2. The van der Waals surface area contributed by atoms with Gasteiger partial charge in [0, 0.05) is 4.47 Å². The number of amides is 1. The molecule has 1 aromatic carbocycles. The van der Waals surface area contributed by atoms with Crippen LogP contribution in [0.1, 0.15) is 10.5 Å². The summed E-state index contributed by atoms with van der Waals surface area (Å²) in [6, 6.07) is 7.35. The van der Waals surface area contributed by atoms with E-state index in [1.807, 2.05) is 18.2 Å². The Hall–Kier alpha value is -1.69. The molecule has 1 amide bonds. The largest absolute Gasteiger partial charge is 0.319 e. The zero-order chi connectivity index (χ0) is 10.7. The molecular weight excluding hydrogens is 260 g/mol. The fraction of sp³-hybridized carbons (Fsp3) is 0. The number of carbonyl (C=O) groups excluding carboxylic acids is 1. The molecule has 0 bridgehead atoms. The van der Waals surface area contributed by atoms with E-state index in [-0.39, 0.29) is 11.6 Å². The highest BCUT2D eigenvalue weighted by atomic mass is 79.9. The summed E-state index contributed by atoms with van der Waals surface area (Å²) in [5.41, 5.74) is 0.955. The minimum Gasteiger partial charge on any atom is -0.319 e. The van der Waals surface area contributed by atoms with Gasteiger partial charge in [0.05, 0.1) is 11.9 Å². The van der Waals surface area contributed by atoms with Gasteiger partial charge in [-0.15, -0.1) is 0 Å². The summed E-state index contributed by atoms with van der Waals surface area (Å²) in [7, 11) is 0. The third kappa shape index (κ3) is 2.21. The van der Waals surface area contributed by atoms with E-state index in [1.165, 1.54) is 6.20 Å². The van der Waals surface area contributed by atoms with Crippen LogP contribution in [-0.2, 0) is 0 Å². The lowest BCUT2D eigenvalue weighted by Crippen LogP contribution is -2.12. The number of benzene rings is 1. The quantitative estimate of drug-likeness (QED) is 0.871. The second-order valence-corrected chi connectivity index (χ2v) is 3.64. The highest BCUT2D eigenvalue weighted by Gasteiger charge is 2.09. The van der Waals surface area contributed by atoms with Crippen molar-refractivity contribution in [3.05, 3.63) is 40.6 Å². The molecule has 0 aliphatic heterocycles. The molecule has 1 aromatic heterocycles. The highest BCUT2D eigenvalue weighted by molar-refractivity contribution is 9.10. The molecule has 0 aliphatic carbocycles. The Morgan fingerprint density at radius 3 is 2.87 bits per heavy atom. The minimum atomic E-state index is -0.296. The lowest BCUT2D eigenvalue weighted by molar-refractivity contribution is 0.102. The van der Waals surface area contributed by atoms with Crippen LogP contribution in [0.5, 0.6) is 0 Å². The molecule has 2 rings (SSSR count). The average Bonchev–Trinajstić information content (AvgIpc) is 2.74. The molecule has 6 heteroatoms. The number of aromatic amines is 1. The Labute approximate surface area is 94.0 Å². The van der Waals surface area contributed by atoms with Gasteiger partial charge in [0.1, 0.15) is 0 Å². The van der Waals surface area contributed by atoms with Crippen molar-refractivity contribution in [1.29, 1.82) is 0 Å². The van der Waals surface area contributed by atoms with Crippen LogP contribution in [0.25, 0.3) is 0 Å². The average molecular weight is 267 g/mol. The van der Waals surface area contributed by atoms with E-state index in [1.54, 1.807) is 6.07 Å². The van der Waals surface area contributed by atoms with Gasteiger partial charge in [-0.1, -0.05) is 12.1 Å². The Kier molecular flexibility index (Phi) is 2.77. The van der Waals surface area contributed by atoms with E-state index in [0.29, 0.717) is 5.69 Å². The van der Waals surface area contributed by atoms with E-state index in [2.05, 4.69) is 36.7 Å². The Balaban J connectivity index is 2.17. The van der Waals surface area contributed by atoms with Crippen LogP contribution in [0.2, 0.25) is 0 Å². The van der Waals surface area contributed by atoms with Crippen LogP contribution in [0, 0.1) is 0 Å². The maximum atomic E-state index is 11.6. The summed E-state index contributed by atoms with van der Waals surface area (Å²) in [6.45, 7) is 0. The van der Waals surface area contributed by atoms with Crippen LogP contribution < -0.4 is 5.32 Å². The number of aromatic nitrogens is 3. The minimum absolute atomic E-state index is 0.255. The van der Waals surface area contributed by atoms with Gasteiger partial charge in [-0.05, 0) is 28.1 Å². The fourth-order valence-corrected chi connectivity index (χ4v) is 1.44. The Bertz CT molecular complexity index is 469. The first-order chi connectivity index (χ1) is 7.27. The van der Waals surface area contributed by atoms with Crippen molar-refractivity contribution in [2.24, 2.45) is 0 Å². The number of nitrogens with zero attached hydrogens (tertiary/aromatic N) is 2. The van der Waals surface area contributed by atoms with E-state index in [0.717, 1.165) is 4.47 Å². The van der Waals surface area contributed by atoms with Crippen LogP contribution in [0.4, 0.5) is 5.69 Å². The van der Waals surface area contributed by atoms with Crippen LogP contribution in [0.3, 0.4) is 0 Å². The van der Waals surface area contributed by atoms with Crippen molar-refractivity contribution in [2.75, 3.05) is 5.32 Å². The zero-order valence-corrected chi connectivity index (χ0v) is 9.15. The summed E-state index contributed by atoms with van der Waals surface area (Å²) >= 11 is 3.33. The molecule has 15 heavy (non-hydrogen) atoms. The highest BCUT2D eigenvalue weighted by Crippen LogP contribution is 2.21. The SMILES string of the molecule is O=C(Nc1ccccc1Br)c1cn[nH]n1. The van der Waals surface area contributed by atoms with Crippen LogP contribution >= 0.6 is 15.9 Å².